The summed E-state index contributed by atoms with van der Waals surface area (Å²) in [7, 11) is 0. The summed E-state index contributed by atoms with van der Waals surface area (Å²) in [5, 5.41) is 10.2. The highest BCUT2D eigenvalue weighted by Crippen LogP contribution is 2.33. The monoisotopic (exact) mass is 343 g/mol. The van der Waals surface area contributed by atoms with Crippen LogP contribution in [0.2, 0.25) is 0 Å². The van der Waals surface area contributed by atoms with E-state index in [0.717, 1.165) is 25.9 Å². The fourth-order valence-electron chi connectivity index (χ4n) is 3.88. The normalized spacial score (nSPS) is 20.8. The van der Waals surface area contributed by atoms with Crippen molar-refractivity contribution < 1.29 is 5.11 Å². The fourth-order valence-corrected chi connectivity index (χ4v) is 3.88. The van der Waals surface area contributed by atoms with Gasteiger partial charge in [-0.05, 0) is 35.1 Å². The average molecular weight is 343 g/mol. The maximum absolute atomic E-state index is 10.2. The number of piperidine rings is 1. The zero-order valence-corrected chi connectivity index (χ0v) is 15.0. The minimum atomic E-state index is -0.208. The quantitative estimate of drug-likeness (QED) is 0.716. The van der Waals surface area contributed by atoms with Gasteiger partial charge >= 0.3 is 0 Å². The van der Waals surface area contributed by atoms with Gasteiger partial charge < -0.3 is 5.11 Å². The van der Waals surface area contributed by atoms with Crippen LogP contribution in [-0.2, 0) is 6.54 Å². The number of hydrogen-bond donors (Lipinski definition) is 1. The highest BCUT2D eigenvalue weighted by Gasteiger charge is 2.28. The Morgan fingerprint density at radius 1 is 0.769 bits per heavy atom. The second-order valence-electron chi connectivity index (χ2n) is 7.14. The standard InChI is InChI=1S/C24H25NO/c26-23-15-16-25(18-19-7-3-1-4-8-19)24(17-23)22-13-11-21(12-14-22)20-9-5-2-6-10-20/h1-14,23-24,26H,15-18H2. The summed E-state index contributed by atoms with van der Waals surface area (Å²) in [4.78, 5) is 2.50. The molecule has 3 aromatic rings. The third-order valence-electron chi connectivity index (χ3n) is 5.32. The molecule has 0 aliphatic carbocycles. The van der Waals surface area contributed by atoms with Crippen molar-refractivity contribution in [1.82, 2.24) is 4.90 Å². The molecule has 1 aliphatic rings. The molecule has 0 bridgehead atoms. The molecule has 132 valence electrons. The van der Waals surface area contributed by atoms with Gasteiger partial charge in [-0.2, -0.15) is 0 Å². The van der Waals surface area contributed by atoms with Crippen LogP contribution in [0.4, 0.5) is 0 Å². The first kappa shape index (κ1) is 17.0. The Morgan fingerprint density at radius 3 is 2.08 bits per heavy atom. The van der Waals surface area contributed by atoms with Crippen LogP contribution in [0.1, 0.15) is 30.0 Å². The van der Waals surface area contributed by atoms with Gasteiger partial charge in [-0.1, -0.05) is 84.9 Å². The lowest BCUT2D eigenvalue weighted by atomic mass is 9.91. The van der Waals surface area contributed by atoms with Crippen molar-refractivity contribution >= 4 is 0 Å². The molecular formula is C24H25NO. The molecule has 0 spiro atoms. The summed E-state index contributed by atoms with van der Waals surface area (Å²) in [6, 6.07) is 30.2. The minimum Gasteiger partial charge on any atom is -0.393 e. The van der Waals surface area contributed by atoms with Crippen molar-refractivity contribution in [2.45, 2.75) is 31.5 Å². The van der Waals surface area contributed by atoms with E-state index >= 15 is 0 Å². The minimum absolute atomic E-state index is 0.208. The van der Waals surface area contributed by atoms with E-state index in [1.54, 1.807) is 0 Å². The molecule has 1 heterocycles. The molecular weight excluding hydrogens is 318 g/mol. The van der Waals surface area contributed by atoms with Crippen molar-refractivity contribution in [2.24, 2.45) is 0 Å². The molecule has 1 fully saturated rings. The zero-order valence-electron chi connectivity index (χ0n) is 15.0. The van der Waals surface area contributed by atoms with Crippen LogP contribution in [0.5, 0.6) is 0 Å². The molecule has 0 saturated carbocycles. The number of rotatable bonds is 4. The highest BCUT2D eigenvalue weighted by molar-refractivity contribution is 5.63. The second kappa shape index (κ2) is 7.86. The van der Waals surface area contributed by atoms with Gasteiger partial charge in [-0.15, -0.1) is 0 Å². The van der Waals surface area contributed by atoms with Crippen molar-refractivity contribution in [1.29, 1.82) is 0 Å². The number of nitrogens with zero attached hydrogens (tertiary/aromatic N) is 1. The van der Waals surface area contributed by atoms with Crippen molar-refractivity contribution in [2.75, 3.05) is 6.54 Å². The number of benzene rings is 3. The van der Waals surface area contributed by atoms with Gasteiger partial charge in [0.05, 0.1) is 6.10 Å². The Bertz CT molecular complexity index is 814. The van der Waals surface area contributed by atoms with Gasteiger partial charge in [0.25, 0.3) is 0 Å². The van der Waals surface area contributed by atoms with Crippen molar-refractivity contribution in [3.8, 4) is 11.1 Å². The molecule has 1 aliphatic heterocycles. The Labute approximate surface area is 155 Å². The van der Waals surface area contributed by atoms with Crippen LogP contribution in [-0.4, -0.2) is 22.7 Å². The molecule has 26 heavy (non-hydrogen) atoms. The van der Waals surface area contributed by atoms with E-state index < -0.39 is 0 Å². The first-order chi connectivity index (χ1) is 12.8. The van der Waals surface area contributed by atoms with E-state index in [4.69, 9.17) is 0 Å². The first-order valence-corrected chi connectivity index (χ1v) is 9.41. The zero-order chi connectivity index (χ0) is 17.8. The van der Waals surface area contributed by atoms with E-state index in [0.29, 0.717) is 0 Å². The van der Waals surface area contributed by atoms with E-state index in [1.165, 1.54) is 22.3 Å². The van der Waals surface area contributed by atoms with Crippen LogP contribution >= 0.6 is 0 Å². The SMILES string of the molecule is OC1CCN(Cc2ccccc2)C(c2ccc(-c3ccccc3)cc2)C1. The number of likely N-dealkylation sites (tertiary alicyclic amines) is 1. The molecule has 2 nitrogen and oxygen atoms in total. The molecule has 0 aromatic heterocycles. The maximum Gasteiger partial charge on any atom is 0.0570 e. The van der Waals surface area contributed by atoms with Gasteiger partial charge in [-0.3, -0.25) is 4.90 Å². The molecule has 1 N–H and O–H groups in total. The summed E-state index contributed by atoms with van der Waals surface area (Å²) in [5.74, 6) is 0. The van der Waals surface area contributed by atoms with Gasteiger partial charge in [0.15, 0.2) is 0 Å². The molecule has 2 atom stereocenters. The maximum atomic E-state index is 10.2. The Kier molecular flexibility index (Phi) is 5.14. The predicted molar refractivity (Wildman–Crippen MR) is 107 cm³/mol. The number of aliphatic hydroxyl groups excluding tert-OH is 1. The lowest BCUT2D eigenvalue weighted by molar-refractivity contribution is 0.0364. The molecule has 2 heteroatoms. The highest BCUT2D eigenvalue weighted by atomic mass is 16.3. The molecule has 4 rings (SSSR count). The molecule has 2 unspecified atom stereocenters. The van der Waals surface area contributed by atoms with Gasteiger partial charge in [0.2, 0.25) is 0 Å². The summed E-state index contributed by atoms with van der Waals surface area (Å²) in [6.45, 7) is 1.86. The van der Waals surface area contributed by atoms with E-state index in [1.807, 2.05) is 6.07 Å². The fraction of sp³-hybridized carbons (Fsp3) is 0.250. The molecule has 0 radical (unpaired) electrons. The van der Waals surface area contributed by atoms with Crippen LogP contribution in [0.25, 0.3) is 11.1 Å². The van der Waals surface area contributed by atoms with Crippen molar-refractivity contribution in [3.05, 3.63) is 96.1 Å². The topological polar surface area (TPSA) is 23.5 Å². The van der Waals surface area contributed by atoms with Crippen molar-refractivity contribution in [3.63, 3.8) is 0 Å². The first-order valence-electron chi connectivity index (χ1n) is 9.41. The Hall–Kier alpha value is -2.42. The van der Waals surface area contributed by atoms with Gasteiger partial charge in [0.1, 0.15) is 0 Å². The van der Waals surface area contributed by atoms with Crippen LogP contribution in [0, 0.1) is 0 Å². The summed E-state index contributed by atoms with van der Waals surface area (Å²) >= 11 is 0. The second-order valence-corrected chi connectivity index (χ2v) is 7.14. The van der Waals surface area contributed by atoms with E-state index in [9.17, 15) is 5.11 Å². The number of aliphatic hydroxyl groups is 1. The van der Waals surface area contributed by atoms with Crippen LogP contribution < -0.4 is 0 Å². The third-order valence-corrected chi connectivity index (χ3v) is 5.32. The summed E-state index contributed by atoms with van der Waals surface area (Å²) < 4.78 is 0. The van der Waals surface area contributed by atoms with E-state index in [2.05, 4.69) is 83.8 Å². The van der Waals surface area contributed by atoms with Crippen LogP contribution in [0.3, 0.4) is 0 Å². The summed E-state index contributed by atoms with van der Waals surface area (Å²) in [6.07, 6.45) is 1.45. The van der Waals surface area contributed by atoms with Crippen LogP contribution in [0.15, 0.2) is 84.9 Å². The molecule has 3 aromatic carbocycles. The smallest absolute Gasteiger partial charge is 0.0570 e. The Balaban J connectivity index is 1.56. The van der Waals surface area contributed by atoms with Gasteiger partial charge in [-0.25, -0.2) is 0 Å². The Morgan fingerprint density at radius 2 is 1.38 bits per heavy atom. The number of hydrogen-bond acceptors (Lipinski definition) is 2. The lowest BCUT2D eigenvalue weighted by Gasteiger charge is -2.38. The predicted octanol–water partition coefficient (Wildman–Crippen LogP) is 5.05. The largest absolute Gasteiger partial charge is 0.393 e. The third kappa shape index (κ3) is 3.87. The molecule has 0 amide bonds. The summed E-state index contributed by atoms with van der Waals surface area (Å²) in [5.41, 5.74) is 5.10. The van der Waals surface area contributed by atoms with E-state index in [-0.39, 0.29) is 12.1 Å². The average Bonchev–Trinajstić information content (AvgIpc) is 2.71. The van der Waals surface area contributed by atoms with Gasteiger partial charge in [0, 0.05) is 19.1 Å². The molecule has 1 saturated heterocycles. The lowest BCUT2D eigenvalue weighted by Crippen LogP contribution is -2.38.